The fourth-order valence-electron chi connectivity index (χ4n) is 3.30. The van der Waals surface area contributed by atoms with E-state index >= 15 is 0 Å². The third-order valence-corrected chi connectivity index (χ3v) is 4.65. The van der Waals surface area contributed by atoms with Gasteiger partial charge in [0, 0.05) is 37.4 Å². The van der Waals surface area contributed by atoms with Crippen molar-refractivity contribution in [1.29, 1.82) is 0 Å². The van der Waals surface area contributed by atoms with Gasteiger partial charge < -0.3 is 15.5 Å². The maximum atomic E-state index is 13.1. The Morgan fingerprint density at radius 1 is 1.00 bits per heavy atom. The number of anilines is 2. The number of halogens is 3. The van der Waals surface area contributed by atoms with E-state index < -0.39 is 11.7 Å². The Bertz CT molecular complexity index is 868. The summed E-state index contributed by atoms with van der Waals surface area (Å²) in [5.74, 6) is 0.718. The van der Waals surface area contributed by atoms with Crippen LogP contribution in [0.3, 0.4) is 0 Å². The van der Waals surface area contributed by atoms with E-state index in [0.717, 1.165) is 61.0 Å². The van der Waals surface area contributed by atoms with Gasteiger partial charge in [0.2, 0.25) is 0 Å². The third kappa shape index (κ3) is 3.14. The van der Waals surface area contributed by atoms with Crippen LogP contribution in [0.25, 0.3) is 0 Å². The van der Waals surface area contributed by atoms with E-state index in [1.54, 1.807) is 0 Å². The smallest absolute Gasteiger partial charge is 0.353 e. The molecule has 2 aliphatic heterocycles. The summed E-state index contributed by atoms with van der Waals surface area (Å²) in [5.41, 5.74) is 3.04. The normalized spacial score (nSPS) is 16.9. The highest BCUT2D eigenvalue weighted by Gasteiger charge is 2.32. The Morgan fingerprint density at radius 3 is 2.46 bits per heavy atom. The molecule has 0 spiro atoms. The molecule has 0 aromatic heterocycles. The Hall–Kier alpha value is -2.54. The van der Waals surface area contributed by atoms with Gasteiger partial charge in [0.05, 0.1) is 16.9 Å². The van der Waals surface area contributed by atoms with Crippen LogP contribution in [-0.2, 0) is 6.18 Å². The third-order valence-electron chi connectivity index (χ3n) is 4.65. The lowest BCUT2D eigenvalue weighted by Gasteiger charge is -2.30. The molecule has 4 nitrogen and oxygen atoms in total. The molecule has 1 fully saturated rings. The molecule has 0 unspecified atom stereocenters. The van der Waals surface area contributed by atoms with Gasteiger partial charge in [0.15, 0.2) is 0 Å². The van der Waals surface area contributed by atoms with Gasteiger partial charge in [-0.05, 0) is 37.3 Å². The van der Waals surface area contributed by atoms with Crippen LogP contribution in [-0.4, -0.2) is 36.9 Å². The number of fused-ring (bicyclic) bond motifs is 2. The molecular weight excluding hydrogens is 341 g/mol. The van der Waals surface area contributed by atoms with Crippen LogP contribution >= 0.6 is 0 Å². The number of alkyl halides is 3. The van der Waals surface area contributed by atoms with Crippen molar-refractivity contribution in [3.05, 3.63) is 53.1 Å². The number of aryl methyl sites for hydroxylation is 1. The molecule has 2 aromatic carbocycles. The van der Waals surface area contributed by atoms with E-state index in [1.807, 2.05) is 25.1 Å². The number of rotatable bonds is 0. The molecule has 26 heavy (non-hydrogen) atoms. The molecule has 7 heteroatoms. The van der Waals surface area contributed by atoms with E-state index in [4.69, 9.17) is 0 Å². The first-order valence-corrected chi connectivity index (χ1v) is 8.55. The number of aliphatic imine (C=N–C) groups is 1. The topological polar surface area (TPSA) is 39.7 Å². The van der Waals surface area contributed by atoms with Crippen LogP contribution in [0.15, 0.2) is 41.4 Å². The summed E-state index contributed by atoms with van der Waals surface area (Å²) in [4.78, 5) is 6.80. The predicted molar refractivity (Wildman–Crippen MR) is 96.5 cm³/mol. The summed E-state index contributed by atoms with van der Waals surface area (Å²) in [5, 5.41) is 6.55. The molecule has 2 heterocycles. The number of nitrogens with one attached hydrogen (secondary N) is 2. The lowest BCUT2D eigenvalue weighted by Crippen LogP contribution is -2.46. The molecule has 2 aromatic rings. The molecule has 136 valence electrons. The highest BCUT2D eigenvalue weighted by molar-refractivity contribution is 6.08. The molecule has 0 amide bonds. The number of hydrogen-bond acceptors (Lipinski definition) is 4. The first-order valence-electron chi connectivity index (χ1n) is 8.55. The molecule has 0 saturated carbocycles. The summed E-state index contributed by atoms with van der Waals surface area (Å²) in [6.45, 7) is 5.17. The second-order valence-electron chi connectivity index (χ2n) is 6.58. The lowest BCUT2D eigenvalue weighted by molar-refractivity contribution is -0.137. The van der Waals surface area contributed by atoms with Crippen molar-refractivity contribution in [2.45, 2.75) is 13.1 Å². The number of amidine groups is 1. The van der Waals surface area contributed by atoms with Crippen molar-refractivity contribution in [3.63, 3.8) is 0 Å². The van der Waals surface area contributed by atoms with Gasteiger partial charge in [-0.3, -0.25) is 0 Å². The second-order valence-corrected chi connectivity index (χ2v) is 6.58. The SMILES string of the molecule is Cc1ccc2c(c1)C(N1CCNCC1)=Nc1cc(C(F)(F)F)ccc1N2. The van der Waals surface area contributed by atoms with Crippen LogP contribution < -0.4 is 10.6 Å². The first kappa shape index (κ1) is 16.9. The minimum absolute atomic E-state index is 0.308. The van der Waals surface area contributed by atoms with E-state index in [0.29, 0.717) is 11.4 Å². The molecule has 0 atom stereocenters. The molecule has 4 rings (SSSR count). The highest BCUT2D eigenvalue weighted by Crippen LogP contribution is 2.39. The monoisotopic (exact) mass is 360 g/mol. The maximum Gasteiger partial charge on any atom is 0.416 e. The van der Waals surface area contributed by atoms with Crippen molar-refractivity contribution in [2.24, 2.45) is 4.99 Å². The molecule has 2 N–H and O–H groups in total. The quantitative estimate of drug-likeness (QED) is 0.744. The minimum atomic E-state index is -4.39. The summed E-state index contributed by atoms with van der Waals surface area (Å²) >= 11 is 0. The van der Waals surface area contributed by atoms with Gasteiger partial charge in [-0.25, -0.2) is 4.99 Å². The van der Waals surface area contributed by atoms with E-state index in [-0.39, 0.29) is 0 Å². The van der Waals surface area contributed by atoms with Gasteiger partial charge in [0.1, 0.15) is 5.84 Å². The Labute approximate surface area is 149 Å². The summed E-state index contributed by atoms with van der Waals surface area (Å²) in [6, 6.07) is 9.62. The molecule has 0 aliphatic carbocycles. The average Bonchev–Trinajstić information content (AvgIpc) is 2.77. The highest BCUT2D eigenvalue weighted by atomic mass is 19.4. The van der Waals surface area contributed by atoms with E-state index in [2.05, 4.69) is 20.5 Å². The van der Waals surface area contributed by atoms with Crippen molar-refractivity contribution in [2.75, 3.05) is 31.5 Å². The van der Waals surface area contributed by atoms with Gasteiger partial charge >= 0.3 is 6.18 Å². The van der Waals surface area contributed by atoms with Crippen molar-refractivity contribution >= 4 is 22.9 Å². The van der Waals surface area contributed by atoms with E-state index in [1.165, 1.54) is 6.07 Å². The second kappa shape index (κ2) is 6.32. The number of piperazine rings is 1. The zero-order valence-electron chi connectivity index (χ0n) is 14.3. The summed E-state index contributed by atoms with van der Waals surface area (Å²) in [6.07, 6.45) is -4.39. The minimum Gasteiger partial charge on any atom is -0.353 e. The van der Waals surface area contributed by atoms with Gasteiger partial charge in [-0.15, -0.1) is 0 Å². The van der Waals surface area contributed by atoms with Crippen LogP contribution in [0, 0.1) is 6.92 Å². The van der Waals surface area contributed by atoms with Gasteiger partial charge in [-0.2, -0.15) is 13.2 Å². The van der Waals surface area contributed by atoms with Crippen LogP contribution in [0.2, 0.25) is 0 Å². The fourth-order valence-corrected chi connectivity index (χ4v) is 3.30. The molecule has 2 aliphatic rings. The standard InChI is InChI=1S/C19H19F3N4/c1-12-2-4-15-14(10-12)18(26-8-6-23-7-9-26)25-17-11-13(19(20,21)22)3-5-16(17)24-15/h2-5,10-11,23-24H,6-9H2,1H3. The largest absolute Gasteiger partial charge is 0.416 e. The van der Waals surface area contributed by atoms with Crippen molar-refractivity contribution in [1.82, 2.24) is 10.2 Å². The number of hydrogen-bond donors (Lipinski definition) is 2. The average molecular weight is 360 g/mol. The number of nitrogens with zero attached hydrogens (tertiary/aromatic N) is 2. The molecule has 0 radical (unpaired) electrons. The molecular formula is C19H19F3N4. The van der Waals surface area contributed by atoms with Crippen molar-refractivity contribution in [3.8, 4) is 0 Å². The van der Waals surface area contributed by atoms with Crippen LogP contribution in [0.1, 0.15) is 16.7 Å². The summed E-state index contributed by atoms with van der Waals surface area (Å²) in [7, 11) is 0. The summed E-state index contributed by atoms with van der Waals surface area (Å²) < 4.78 is 39.4. The van der Waals surface area contributed by atoms with E-state index in [9.17, 15) is 13.2 Å². The zero-order valence-corrected chi connectivity index (χ0v) is 14.3. The number of benzene rings is 2. The van der Waals surface area contributed by atoms with Gasteiger partial charge in [-0.1, -0.05) is 11.6 Å². The Kier molecular flexibility index (Phi) is 4.11. The van der Waals surface area contributed by atoms with Crippen molar-refractivity contribution < 1.29 is 13.2 Å². The maximum absolute atomic E-state index is 13.1. The first-order chi connectivity index (χ1) is 12.4. The van der Waals surface area contributed by atoms with Crippen LogP contribution in [0.4, 0.5) is 30.2 Å². The van der Waals surface area contributed by atoms with Crippen LogP contribution in [0.5, 0.6) is 0 Å². The Balaban J connectivity index is 1.88. The zero-order chi connectivity index (χ0) is 18.3. The predicted octanol–water partition coefficient (Wildman–Crippen LogP) is 4.05. The molecule has 1 saturated heterocycles. The van der Waals surface area contributed by atoms with Gasteiger partial charge in [0.25, 0.3) is 0 Å². The molecule has 0 bridgehead atoms. The fraction of sp³-hybridized carbons (Fsp3) is 0.316. The Morgan fingerprint density at radius 2 is 1.73 bits per heavy atom. The lowest BCUT2D eigenvalue weighted by atomic mass is 10.1.